The molecule has 1 amide bonds. The Labute approximate surface area is 140 Å². The number of benzene rings is 2. The molecule has 6 nitrogen and oxygen atoms in total. The number of aromatic nitrogens is 3. The first kappa shape index (κ1) is 15.7. The van der Waals surface area contributed by atoms with E-state index in [2.05, 4.69) is 26.0 Å². The topological polar surface area (TPSA) is 82.7 Å². The maximum absolute atomic E-state index is 12.5. The molecule has 0 aliphatic carbocycles. The third-order valence-corrected chi connectivity index (χ3v) is 3.93. The highest BCUT2D eigenvalue weighted by Crippen LogP contribution is 2.21. The van der Waals surface area contributed by atoms with Gasteiger partial charge in [0, 0.05) is 11.4 Å². The molecule has 0 aliphatic heterocycles. The zero-order chi connectivity index (χ0) is 17.1. The van der Waals surface area contributed by atoms with E-state index in [4.69, 9.17) is 0 Å². The van der Waals surface area contributed by atoms with Gasteiger partial charge in [-0.3, -0.25) is 4.79 Å². The number of anilines is 3. The van der Waals surface area contributed by atoms with Gasteiger partial charge in [-0.25, -0.2) is 0 Å². The van der Waals surface area contributed by atoms with Crippen LogP contribution < -0.4 is 10.6 Å². The van der Waals surface area contributed by atoms with E-state index in [9.17, 15) is 4.79 Å². The van der Waals surface area contributed by atoms with Crippen molar-refractivity contribution in [3.05, 3.63) is 64.8 Å². The molecule has 0 unspecified atom stereocenters. The molecule has 0 atom stereocenters. The van der Waals surface area contributed by atoms with Crippen LogP contribution in [0.3, 0.4) is 0 Å². The molecule has 2 aromatic carbocycles. The van der Waals surface area contributed by atoms with Crippen LogP contribution in [0.25, 0.3) is 0 Å². The number of rotatable bonds is 4. The Morgan fingerprint density at radius 1 is 1.00 bits per heavy atom. The molecule has 0 saturated heterocycles. The molecule has 0 saturated carbocycles. The van der Waals surface area contributed by atoms with Crippen LogP contribution in [0.15, 0.2) is 42.5 Å². The predicted molar refractivity (Wildman–Crippen MR) is 94.7 cm³/mol. The van der Waals surface area contributed by atoms with E-state index < -0.39 is 0 Å². The van der Waals surface area contributed by atoms with Crippen molar-refractivity contribution < 1.29 is 4.79 Å². The van der Waals surface area contributed by atoms with Crippen LogP contribution in [-0.4, -0.2) is 21.3 Å². The summed E-state index contributed by atoms with van der Waals surface area (Å²) in [6.07, 6.45) is 0. The van der Waals surface area contributed by atoms with Gasteiger partial charge in [0.1, 0.15) is 0 Å². The molecule has 3 rings (SSSR count). The van der Waals surface area contributed by atoms with Crippen molar-refractivity contribution in [3.63, 3.8) is 0 Å². The minimum atomic E-state index is -0.313. The van der Waals surface area contributed by atoms with Gasteiger partial charge in [-0.1, -0.05) is 29.8 Å². The van der Waals surface area contributed by atoms with Gasteiger partial charge in [0.15, 0.2) is 11.5 Å². The first-order valence-electron chi connectivity index (χ1n) is 7.66. The monoisotopic (exact) mass is 321 g/mol. The second-order valence-electron chi connectivity index (χ2n) is 5.71. The van der Waals surface area contributed by atoms with Crippen molar-refractivity contribution in [1.82, 2.24) is 15.4 Å². The van der Waals surface area contributed by atoms with E-state index in [0.717, 1.165) is 28.1 Å². The second kappa shape index (κ2) is 6.54. The highest BCUT2D eigenvalue weighted by atomic mass is 16.2. The van der Waals surface area contributed by atoms with Crippen molar-refractivity contribution in [2.45, 2.75) is 20.8 Å². The summed E-state index contributed by atoms with van der Waals surface area (Å²) in [5.74, 6) is 0.0775. The lowest BCUT2D eigenvalue weighted by atomic mass is 10.1. The minimum absolute atomic E-state index is 0.219. The van der Waals surface area contributed by atoms with Gasteiger partial charge in [0.05, 0.1) is 0 Å². The Morgan fingerprint density at radius 3 is 2.50 bits per heavy atom. The van der Waals surface area contributed by atoms with Crippen molar-refractivity contribution >= 4 is 23.1 Å². The number of amides is 1. The molecule has 6 heteroatoms. The summed E-state index contributed by atoms with van der Waals surface area (Å²) in [6.45, 7) is 5.99. The SMILES string of the molecule is Cc1ccc(Nc2n[nH]nc2C(=O)Nc2cccc(C)c2C)cc1. The van der Waals surface area contributed by atoms with Gasteiger partial charge < -0.3 is 10.6 Å². The summed E-state index contributed by atoms with van der Waals surface area (Å²) in [5.41, 5.74) is 5.14. The second-order valence-corrected chi connectivity index (χ2v) is 5.71. The van der Waals surface area contributed by atoms with Crippen molar-refractivity contribution in [2.24, 2.45) is 0 Å². The molecular formula is C18H19N5O. The Bertz CT molecular complexity index is 867. The predicted octanol–water partition coefficient (Wildman–Crippen LogP) is 3.73. The van der Waals surface area contributed by atoms with Crippen LogP contribution in [0.2, 0.25) is 0 Å². The number of nitrogens with zero attached hydrogens (tertiary/aromatic N) is 2. The molecule has 122 valence electrons. The fourth-order valence-corrected chi connectivity index (χ4v) is 2.32. The number of H-pyrrole nitrogens is 1. The molecular weight excluding hydrogens is 302 g/mol. The van der Waals surface area contributed by atoms with Gasteiger partial charge in [-0.2, -0.15) is 5.21 Å². The third-order valence-electron chi connectivity index (χ3n) is 3.93. The highest BCUT2D eigenvalue weighted by molar-refractivity contribution is 6.06. The van der Waals surface area contributed by atoms with E-state index >= 15 is 0 Å². The number of carbonyl (C=O) groups is 1. The lowest BCUT2D eigenvalue weighted by molar-refractivity contribution is 0.102. The molecule has 24 heavy (non-hydrogen) atoms. The number of hydrogen-bond donors (Lipinski definition) is 3. The van der Waals surface area contributed by atoms with Crippen LogP contribution in [0.4, 0.5) is 17.2 Å². The largest absolute Gasteiger partial charge is 0.337 e. The van der Waals surface area contributed by atoms with Crippen molar-refractivity contribution in [2.75, 3.05) is 10.6 Å². The van der Waals surface area contributed by atoms with Crippen LogP contribution in [-0.2, 0) is 0 Å². The van der Waals surface area contributed by atoms with Gasteiger partial charge >= 0.3 is 0 Å². The molecule has 1 aromatic heterocycles. The lowest BCUT2D eigenvalue weighted by Gasteiger charge is -2.10. The Morgan fingerprint density at radius 2 is 1.75 bits per heavy atom. The number of aryl methyl sites for hydroxylation is 2. The maximum atomic E-state index is 12.5. The summed E-state index contributed by atoms with van der Waals surface area (Å²) in [4.78, 5) is 12.5. The van der Waals surface area contributed by atoms with E-state index in [0.29, 0.717) is 5.82 Å². The molecule has 0 fully saturated rings. The van der Waals surface area contributed by atoms with Crippen LogP contribution >= 0.6 is 0 Å². The van der Waals surface area contributed by atoms with Crippen LogP contribution in [0, 0.1) is 20.8 Å². The highest BCUT2D eigenvalue weighted by Gasteiger charge is 2.17. The molecule has 0 spiro atoms. The summed E-state index contributed by atoms with van der Waals surface area (Å²) >= 11 is 0. The van der Waals surface area contributed by atoms with E-state index in [1.165, 1.54) is 0 Å². The fraction of sp³-hybridized carbons (Fsp3) is 0.167. The summed E-state index contributed by atoms with van der Waals surface area (Å²) in [6, 6.07) is 13.6. The quantitative estimate of drug-likeness (QED) is 0.684. The molecule has 3 N–H and O–H groups in total. The van der Waals surface area contributed by atoms with Crippen molar-refractivity contribution in [1.29, 1.82) is 0 Å². The van der Waals surface area contributed by atoms with Crippen LogP contribution in [0.1, 0.15) is 27.2 Å². The minimum Gasteiger partial charge on any atom is -0.337 e. The smallest absolute Gasteiger partial charge is 0.280 e. The zero-order valence-corrected chi connectivity index (χ0v) is 13.8. The average Bonchev–Trinajstić information content (AvgIpc) is 3.02. The van der Waals surface area contributed by atoms with Gasteiger partial charge in [0.2, 0.25) is 0 Å². The number of carbonyl (C=O) groups excluding carboxylic acids is 1. The molecule has 0 aliphatic rings. The summed E-state index contributed by atoms with van der Waals surface area (Å²) in [7, 11) is 0. The van der Waals surface area contributed by atoms with E-state index in [1.54, 1.807) is 0 Å². The van der Waals surface area contributed by atoms with E-state index in [1.807, 2.05) is 63.2 Å². The van der Waals surface area contributed by atoms with Crippen molar-refractivity contribution in [3.8, 4) is 0 Å². The van der Waals surface area contributed by atoms with Gasteiger partial charge in [-0.15, -0.1) is 10.2 Å². The molecule has 0 radical (unpaired) electrons. The Kier molecular flexibility index (Phi) is 4.29. The average molecular weight is 321 g/mol. The normalized spacial score (nSPS) is 10.5. The number of aromatic amines is 1. The Hall–Kier alpha value is -3.15. The van der Waals surface area contributed by atoms with Crippen LogP contribution in [0.5, 0.6) is 0 Å². The first-order valence-corrected chi connectivity index (χ1v) is 7.66. The molecule has 1 heterocycles. The van der Waals surface area contributed by atoms with Gasteiger partial charge in [-0.05, 0) is 50.1 Å². The zero-order valence-electron chi connectivity index (χ0n) is 13.8. The molecule has 3 aromatic rings. The number of hydrogen-bond acceptors (Lipinski definition) is 4. The number of nitrogens with one attached hydrogen (secondary N) is 3. The fourth-order valence-electron chi connectivity index (χ4n) is 2.32. The first-order chi connectivity index (χ1) is 11.5. The maximum Gasteiger partial charge on any atom is 0.280 e. The summed E-state index contributed by atoms with van der Waals surface area (Å²) in [5, 5.41) is 16.5. The lowest BCUT2D eigenvalue weighted by Crippen LogP contribution is -2.15. The third kappa shape index (κ3) is 3.27. The Balaban J connectivity index is 1.80. The molecule has 0 bridgehead atoms. The van der Waals surface area contributed by atoms with E-state index in [-0.39, 0.29) is 11.6 Å². The standard InChI is InChI=1S/C18H19N5O/c1-11-7-9-14(10-8-11)19-17-16(21-23-22-17)18(24)20-15-6-4-5-12(2)13(15)3/h4-10H,1-3H3,(H,20,24)(H2,19,21,22,23). The summed E-state index contributed by atoms with van der Waals surface area (Å²) < 4.78 is 0. The van der Waals surface area contributed by atoms with Gasteiger partial charge in [0.25, 0.3) is 5.91 Å².